The first-order valence-corrected chi connectivity index (χ1v) is 13.2. The highest BCUT2D eigenvalue weighted by molar-refractivity contribution is 6.30. The van der Waals surface area contributed by atoms with Gasteiger partial charge in [-0.25, -0.2) is 4.98 Å². The fourth-order valence-corrected chi connectivity index (χ4v) is 5.54. The zero-order valence-corrected chi connectivity index (χ0v) is 23.2. The summed E-state index contributed by atoms with van der Waals surface area (Å²) in [6, 6.07) is 24.1. The minimum absolute atomic E-state index is 0.0773. The lowest BCUT2D eigenvalue weighted by atomic mass is 9.81. The Labute approximate surface area is 228 Å². The van der Waals surface area contributed by atoms with Crippen LogP contribution in [-0.2, 0) is 23.9 Å². The standard InChI is InChI=1S/C32H32ClN3O2/c1-6-36-20-34-19-30(36)32(38-5,24-12-10-22(11-13-24)21(2)3)25-14-15-29-28(17-25)27(18-31(37)35(29)4)23-8-7-9-26(33)16-23/h7-21H,6H2,1-5H3. The lowest BCUT2D eigenvalue weighted by Crippen LogP contribution is -2.34. The molecule has 0 N–H and O–H groups in total. The van der Waals surface area contributed by atoms with Crippen molar-refractivity contribution in [2.24, 2.45) is 7.05 Å². The number of benzene rings is 3. The molecule has 1 atom stereocenters. The van der Waals surface area contributed by atoms with Gasteiger partial charge in [-0.2, -0.15) is 0 Å². The van der Waals surface area contributed by atoms with E-state index in [4.69, 9.17) is 16.3 Å². The quantitative estimate of drug-likeness (QED) is 0.227. The summed E-state index contributed by atoms with van der Waals surface area (Å²) in [6.07, 6.45) is 3.72. The van der Waals surface area contributed by atoms with Crippen molar-refractivity contribution in [3.63, 3.8) is 0 Å². The van der Waals surface area contributed by atoms with Crippen LogP contribution in [0.2, 0.25) is 5.02 Å². The summed E-state index contributed by atoms with van der Waals surface area (Å²) in [4.78, 5) is 17.4. The van der Waals surface area contributed by atoms with E-state index in [2.05, 4.69) is 66.7 Å². The van der Waals surface area contributed by atoms with Crippen molar-refractivity contribution in [1.29, 1.82) is 0 Å². The third kappa shape index (κ3) is 4.26. The highest BCUT2D eigenvalue weighted by atomic mass is 35.5. The van der Waals surface area contributed by atoms with Gasteiger partial charge in [-0.3, -0.25) is 4.79 Å². The molecule has 0 aliphatic rings. The summed E-state index contributed by atoms with van der Waals surface area (Å²) >= 11 is 6.35. The first kappa shape index (κ1) is 26.0. The van der Waals surface area contributed by atoms with Crippen molar-refractivity contribution in [3.05, 3.63) is 123 Å². The van der Waals surface area contributed by atoms with Crippen molar-refractivity contribution in [2.45, 2.75) is 38.8 Å². The van der Waals surface area contributed by atoms with Gasteiger partial charge in [-0.15, -0.1) is 0 Å². The minimum atomic E-state index is -0.920. The van der Waals surface area contributed by atoms with Gasteiger partial charge in [0.15, 0.2) is 5.60 Å². The van der Waals surface area contributed by atoms with Gasteiger partial charge in [0.05, 0.1) is 23.7 Å². The maximum absolute atomic E-state index is 12.9. The predicted octanol–water partition coefficient (Wildman–Crippen LogP) is 7.14. The number of aryl methyl sites for hydroxylation is 2. The number of hydrogen-bond donors (Lipinski definition) is 0. The Hall–Kier alpha value is -3.67. The molecule has 0 bridgehead atoms. The molecule has 5 rings (SSSR count). The fourth-order valence-electron chi connectivity index (χ4n) is 5.35. The van der Waals surface area contributed by atoms with Crippen LogP contribution in [0.15, 0.2) is 90.1 Å². The third-order valence-electron chi connectivity index (χ3n) is 7.49. The lowest BCUT2D eigenvalue weighted by Gasteiger charge is -2.35. The Balaban J connectivity index is 1.85. The maximum atomic E-state index is 12.9. The lowest BCUT2D eigenvalue weighted by molar-refractivity contribution is 0.0518. The number of aromatic nitrogens is 3. The molecule has 3 aromatic carbocycles. The van der Waals surface area contributed by atoms with E-state index < -0.39 is 5.60 Å². The molecule has 6 heteroatoms. The molecule has 0 aliphatic carbocycles. The molecule has 2 aromatic heterocycles. The van der Waals surface area contributed by atoms with Crippen molar-refractivity contribution >= 4 is 22.5 Å². The smallest absolute Gasteiger partial charge is 0.251 e. The first-order valence-electron chi connectivity index (χ1n) is 12.9. The SMILES string of the molecule is CCn1cncc1C(OC)(c1ccc(C(C)C)cc1)c1ccc2c(c1)c(-c1cccc(Cl)c1)cc(=O)n2C. The summed E-state index contributed by atoms with van der Waals surface area (Å²) in [5.41, 5.74) is 5.71. The van der Waals surface area contributed by atoms with Gasteiger partial charge < -0.3 is 13.9 Å². The fraction of sp³-hybridized carbons (Fsp3) is 0.250. The summed E-state index contributed by atoms with van der Waals surface area (Å²) in [7, 11) is 3.54. The van der Waals surface area contributed by atoms with Crippen molar-refractivity contribution in [1.82, 2.24) is 14.1 Å². The maximum Gasteiger partial charge on any atom is 0.251 e. The van der Waals surface area contributed by atoms with E-state index in [9.17, 15) is 4.79 Å². The summed E-state index contributed by atoms with van der Waals surface area (Å²) < 4.78 is 10.3. The van der Waals surface area contributed by atoms with Gasteiger partial charge in [0.25, 0.3) is 5.56 Å². The Morgan fingerprint density at radius 2 is 1.74 bits per heavy atom. The molecule has 0 amide bonds. The van der Waals surface area contributed by atoms with Crippen molar-refractivity contribution < 1.29 is 4.74 Å². The Morgan fingerprint density at radius 3 is 2.39 bits per heavy atom. The van der Waals surface area contributed by atoms with Gasteiger partial charge in [0.2, 0.25) is 0 Å². The third-order valence-corrected chi connectivity index (χ3v) is 7.73. The average Bonchev–Trinajstić information content (AvgIpc) is 3.41. The number of ether oxygens (including phenoxy) is 1. The zero-order valence-electron chi connectivity index (χ0n) is 22.4. The number of nitrogens with zero attached hydrogens (tertiary/aromatic N) is 3. The molecule has 38 heavy (non-hydrogen) atoms. The van der Waals surface area contributed by atoms with Crippen LogP contribution >= 0.6 is 11.6 Å². The largest absolute Gasteiger partial charge is 0.362 e. The second-order valence-electron chi connectivity index (χ2n) is 9.92. The van der Waals surface area contributed by atoms with Crippen molar-refractivity contribution in [3.8, 4) is 11.1 Å². The molecule has 0 aliphatic heterocycles. The Morgan fingerprint density at radius 1 is 1.00 bits per heavy atom. The van der Waals surface area contributed by atoms with Gasteiger partial charge in [0, 0.05) is 37.2 Å². The molecular weight excluding hydrogens is 494 g/mol. The Kier molecular flexibility index (Phi) is 6.99. The summed E-state index contributed by atoms with van der Waals surface area (Å²) in [5, 5.41) is 1.56. The van der Waals surface area contributed by atoms with Gasteiger partial charge in [0.1, 0.15) is 0 Å². The number of imidazole rings is 1. The monoisotopic (exact) mass is 525 g/mol. The van der Waals surface area contributed by atoms with Gasteiger partial charge in [-0.1, -0.05) is 67.9 Å². The van der Waals surface area contributed by atoms with Crippen LogP contribution in [0.5, 0.6) is 0 Å². The van der Waals surface area contributed by atoms with E-state index in [0.717, 1.165) is 45.4 Å². The van der Waals surface area contributed by atoms with Crippen LogP contribution in [0.1, 0.15) is 49.1 Å². The van der Waals surface area contributed by atoms with Crippen LogP contribution in [0.3, 0.4) is 0 Å². The predicted molar refractivity (Wildman–Crippen MR) is 155 cm³/mol. The van der Waals surface area contributed by atoms with Gasteiger partial charge >= 0.3 is 0 Å². The number of hydrogen-bond acceptors (Lipinski definition) is 3. The van der Waals surface area contributed by atoms with Crippen LogP contribution in [-0.4, -0.2) is 21.2 Å². The molecule has 0 saturated heterocycles. The highest BCUT2D eigenvalue weighted by Gasteiger charge is 2.40. The zero-order chi connectivity index (χ0) is 27.0. The highest BCUT2D eigenvalue weighted by Crippen LogP contribution is 2.42. The number of pyridine rings is 1. The topological polar surface area (TPSA) is 49.1 Å². The van der Waals surface area contributed by atoms with E-state index in [1.54, 1.807) is 24.8 Å². The normalized spacial score (nSPS) is 13.2. The van der Waals surface area contributed by atoms with E-state index in [1.165, 1.54) is 5.56 Å². The Bertz CT molecular complexity index is 1670. The number of methoxy groups -OCH3 is 1. The number of halogens is 1. The summed E-state index contributed by atoms with van der Waals surface area (Å²) in [6.45, 7) is 7.23. The molecule has 5 aromatic rings. The molecule has 0 radical (unpaired) electrons. The van der Waals surface area contributed by atoms with E-state index in [1.807, 2.05) is 42.9 Å². The molecule has 1 unspecified atom stereocenters. The molecule has 0 spiro atoms. The van der Waals surface area contributed by atoms with Crippen LogP contribution < -0.4 is 5.56 Å². The van der Waals surface area contributed by atoms with Gasteiger partial charge in [-0.05, 0) is 64.9 Å². The number of rotatable bonds is 7. The van der Waals surface area contributed by atoms with E-state index >= 15 is 0 Å². The van der Waals surface area contributed by atoms with Crippen LogP contribution in [0.4, 0.5) is 0 Å². The van der Waals surface area contributed by atoms with Crippen LogP contribution in [0.25, 0.3) is 22.0 Å². The minimum Gasteiger partial charge on any atom is -0.362 e. The van der Waals surface area contributed by atoms with E-state index in [-0.39, 0.29) is 5.56 Å². The number of fused-ring (bicyclic) bond motifs is 1. The molecule has 0 fully saturated rings. The molecule has 5 nitrogen and oxygen atoms in total. The summed E-state index contributed by atoms with van der Waals surface area (Å²) in [5.74, 6) is 0.421. The molecular formula is C32H32ClN3O2. The first-order chi connectivity index (χ1) is 18.3. The molecule has 194 valence electrons. The average molecular weight is 526 g/mol. The molecule has 2 heterocycles. The van der Waals surface area contributed by atoms with Crippen LogP contribution in [0, 0.1) is 0 Å². The second-order valence-corrected chi connectivity index (χ2v) is 10.4. The molecule has 0 saturated carbocycles. The van der Waals surface area contributed by atoms with Crippen molar-refractivity contribution in [2.75, 3.05) is 7.11 Å². The van der Waals surface area contributed by atoms with E-state index in [0.29, 0.717) is 10.9 Å². The second kappa shape index (κ2) is 10.2.